The highest BCUT2D eigenvalue weighted by molar-refractivity contribution is 5.96. The zero-order valence-electron chi connectivity index (χ0n) is 28.7. The Kier molecular flexibility index (Phi) is 11.9. The third kappa shape index (κ3) is 8.94. The first-order valence-electron chi connectivity index (χ1n) is 17.0. The van der Waals surface area contributed by atoms with Crippen molar-refractivity contribution in [2.45, 2.75) is 69.8 Å². The molecule has 2 bridgehead atoms. The van der Waals surface area contributed by atoms with E-state index in [1.807, 2.05) is 106 Å². The molecule has 1 fully saturated rings. The monoisotopic (exact) mass is 665 g/mol. The summed E-state index contributed by atoms with van der Waals surface area (Å²) in [6.45, 7) is 4.15. The minimum Gasteiger partial charge on any atom is -0.488 e. The lowest BCUT2D eigenvalue weighted by Crippen LogP contribution is -2.61. The van der Waals surface area contributed by atoms with E-state index in [1.54, 1.807) is 24.4 Å². The van der Waals surface area contributed by atoms with Gasteiger partial charge in [0.2, 0.25) is 23.6 Å². The molecule has 0 aliphatic carbocycles. The molecule has 0 spiro atoms. The number of carbonyl (C=O) groups excluding carboxylic acids is 4. The van der Waals surface area contributed by atoms with E-state index in [2.05, 4.69) is 16.0 Å². The largest absolute Gasteiger partial charge is 0.488 e. The molecule has 0 saturated carbocycles. The molecule has 3 N–H and O–H groups in total. The number of likely N-dealkylation sites (N-methyl/N-ethyl adjacent to an activating group) is 1. The lowest BCUT2D eigenvalue weighted by Gasteiger charge is -2.34. The number of carbonyl (C=O) groups is 4. The van der Waals surface area contributed by atoms with Gasteiger partial charge >= 0.3 is 0 Å². The van der Waals surface area contributed by atoms with Crippen LogP contribution in [0.25, 0.3) is 6.08 Å². The Morgan fingerprint density at radius 3 is 2.22 bits per heavy atom. The van der Waals surface area contributed by atoms with Crippen LogP contribution in [0.1, 0.15) is 43.4 Å². The first-order chi connectivity index (χ1) is 23.6. The van der Waals surface area contributed by atoms with Gasteiger partial charge in [0.1, 0.15) is 30.0 Å². The number of amides is 4. The highest BCUT2D eigenvalue weighted by Crippen LogP contribution is 2.27. The molecular formula is C39H47N5O5. The fourth-order valence-corrected chi connectivity index (χ4v) is 6.37. The normalized spacial score (nSPS) is 21.7. The van der Waals surface area contributed by atoms with E-state index in [1.165, 1.54) is 4.90 Å². The van der Waals surface area contributed by atoms with Gasteiger partial charge in [-0.05, 0) is 61.3 Å². The lowest BCUT2D eigenvalue weighted by molar-refractivity contribution is -0.145. The van der Waals surface area contributed by atoms with Crippen molar-refractivity contribution in [2.24, 2.45) is 5.92 Å². The average molecular weight is 666 g/mol. The summed E-state index contributed by atoms with van der Waals surface area (Å²) < 4.78 is 6.38. The summed E-state index contributed by atoms with van der Waals surface area (Å²) in [4.78, 5) is 59.5. The number of hydrogen-bond acceptors (Lipinski definition) is 6. The molecule has 4 amide bonds. The second kappa shape index (κ2) is 16.4. The number of benzene rings is 3. The van der Waals surface area contributed by atoms with Gasteiger partial charge in [-0.15, -0.1) is 0 Å². The molecule has 3 aromatic rings. The first-order valence-corrected chi connectivity index (χ1v) is 17.0. The summed E-state index contributed by atoms with van der Waals surface area (Å²) in [5.74, 6) is -1.13. The molecule has 0 radical (unpaired) electrons. The van der Waals surface area contributed by atoms with Gasteiger partial charge in [-0.2, -0.15) is 0 Å². The first kappa shape index (κ1) is 35.3. The lowest BCUT2D eigenvalue weighted by atomic mass is 9.96. The fraction of sp³-hybridized carbons (Fsp3) is 0.385. The molecule has 10 nitrogen and oxygen atoms in total. The highest BCUT2D eigenvalue weighted by atomic mass is 16.5. The number of likely N-dealkylation sites (tertiary alicyclic amines) is 1. The van der Waals surface area contributed by atoms with Crippen LogP contribution in [0.3, 0.4) is 0 Å². The van der Waals surface area contributed by atoms with Crippen molar-refractivity contribution in [3.63, 3.8) is 0 Å². The molecule has 3 heterocycles. The molecule has 0 unspecified atom stereocenters. The highest BCUT2D eigenvalue weighted by Gasteiger charge is 2.47. The molecule has 0 aromatic heterocycles. The molecule has 6 atom stereocenters. The minimum absolute atomic E-state index is 0.214. The number of ether oxygens (including phenoxy) is 1. The zero-order valence-corrected chi connectivity index (χ0v) is 28.7. The SMILES string of the molecule is CC[C@H](C)[C@H](NC(=O)[C@H](Cc1ccccc1)N(C)C)C(=O)N1CC[C@@H]2Oc3ccc(cc3)/C=C\NC(=O)[C@H](Cc3ccccc3)NC(=O)[C@H]21. The minimum atomic E-state index is -1.03. The fourth-order valence-electron chi connectivity index (χ4n) is 6.37. The Bertz CT molecular complexity index is 1610. The van der Waals surface area contributed by atoms with Crippen LogP contribution in [-0.4, -0.2) is 84.3 Å². The number of hydrogen-bond donors (Lipinski definition) is 3. The smallest absolute Gasteiger partial charge is 0.247 e. The summed E-state index contributed by atoms with van der Waals surface area (Å²) >= 11 is 0. The molecule has 49 heavy (non-hydrogen) atoms. The van der Waals surface area contributed by atoms with Crippen molar-refractivity contribution in [3.05, 3.63) is 108 Å². The van der Waals surface area contributed by atoms with Crippen LogP contribution in [0.4, 0.5) is 0 Å². The van der Waals surface area contributed by atoms with Crippen molar-refractivity contribution in [2.75, 3.05) is 20.6 Å². The summed E-state index contributed by atoms with van der Waals surface area (Å²) in [5.41, 5.74) is 2.75. The molecule has 3 aliphatic rings. The Labute approximate surface area is 288 Å². The topological polar surface area (TPSA) is 120 Å². The second-order valence-corrected chi connectivity index (χ2v) is 13.1. The maximum atomic E-state index is 14.5. The molecular weight excluding hydrogens is 618 g/mol. The Balaban J connectivity index is 1.44. The Hall–Kier alpha value is -4.96. The third-order valence-electron chi connectivity index (χ3n) is 9.45. The van der Waals surface area contributed by atoms with Gasteiger partial charge in [-0.3, -0.25) is 24.1 Å². The van der Waals surface area contributed by atoms with Gasteiger partial charge in [0.25, 0.3) is 0 Å². The van der Waals surface area contributed by atoms with Crippen LogP contribution in [0.2, 0.25) is 0 Å². The Morgan fingerprint density at radius 2 is 1.59 bits per heavy atom. The van der Waals surface area contributed by atoms with Crippen LogP contribution in [0.5, 0.6) is 5.75 Å². The van der Waals surface area contributed by atoms with Crippen molar-refractivity contribution >= 4 is 29.7 Å². The maximum Gasteiger partial charge on any atom is 0.247 e. The van der Waals surface area contributed by atoms with Gasteiger partial charge in [0.05, 0.1) is 6.04 Å². The van der Waals surface area contributed by atoms with E-state index < -0.39 is 36.2 Å². The van der Waals surface area contributed by atoms with Gasteiger partial charge in [-0.1, -0.05) is 93.1 Å². The van der Waals surface area contributed by atoms with Crippen molar-refractivity contribution in [3.8, 4) is 5.75 Å². The Morgan fingerprint density at radius 1 is 0.939 bits per heavy atom. The zero-order chi connectivity index (χ0) is 34.9. The van der Waals surface area contributed by atoms with E-state index in [4.69, 9.17) is 4.74 Å². The van der Waals surface area contributed by atoms with Gasteiger partial charge in [0.15, 0.2) is 0 Å². The summed E-state index contributed by atoms with van der Waals surface area (Å²) in [6, 6.07) is 23.2. The number of nitrogens with zero attached hydrogens (tertiary/aromatic N) is 2. The third-order valence-corrected chi connectivity index (χ3v) is 9.45. The van der Waals surface area contributed by atoms with Gasteiger partial charge in [0, 0.05) is 25.6 Å². The van der Waals surface area contributed by atoms with Crippen LogP contribution in [-0.2, 0) is 32.0 Å². The van der Waals surface area contributed by atoms with Crippen LogP contribution >= 0.6 is 0 Å². The van der Waals surface area contributed by atoms with Crippen LogP contribution in [0.15, 0.2) is 91.1 Å². The van der Waals surface area contributed by atoms with Crippen LogP contribution < -0.4 is 20.7 Å². The second-order valence-electron chi connectivity index (χ2n) is 13.1. The quantitative estimate of drug-likeness (QED) is 0.305. The average Bonchev–Trinajstić information content (AvgIpc) is 3.53. The van der Waals surface area contributed by atoms with Crippen molar-refractivity contribution < 1.29 is 23.9 Å². The molecule has 3 aliphatic heterocycles. The standard InChI is InChI=1S/C39H47N5O5/c1-5-26(2)34(42-37(46)32(43(3)4)25-29-14-10-7-11-15-29)39(48)44-23-21-33-35(44)38(47)41-31(24-28-12-8-6-9-13-28)36(45)40-22-20-27-16-18-30(49-33)19-17-27/h6-20,22,26,31-35H,5,21,23-25H2,1-4H3,(H,40,45)(H,41,47)(H,42,46)/b22-20-/t26-,31-,32-,33-,34-,35-/m0/s1. The number of nitrogens with one attached hydrogen (secondary N) is 3. The molecule has 10 heteroatoms. The number of fused-ring (bicyclic) bond motifs is 7. The summed E-state index contributed by atoms with van der Waals surface area (Å²) in [7, 11) is 3.69. The van der Waals surface area contributed by atoms with E-state index in [9.17, 15) is 19.2 Å². The number of rotatable bonds is 10. The molecule has 1 saturated heterocycles. The summed E-state index contributed by atoms with van der Waals surface area (Å²) in [6.07, 6.45) is 4.42. The van der Waals surface area contributed by atoms with Gasteiger partial charge < -0.3 is 25.6 Å². The van der Waals surface area contributed by atoms with Crippen molar-refractivity contribution in [1.29, 1.82) is 0 Å². The predicted octanol–water partition coefficient (Wildman–Crippen LogP) is 3.57. The summed E-state index contributed by atoms with van der Waals surface area (Å²) in [5, 5.41) is 8.83. The van der Waals surface area contributed by atoms with Crippen LogP contribution in [0, 0.1) is 5.92 Å². The van der Waals surface area contributed by atoms with E-state index in [0.717, 1.165) is 16.7 Å². The molecule has 3 aromatic carbocycles. The van der Waals surface area contributed by atoms with Crippen molar-refractivity contribution in [1.82, 2.24) is 25.8 Å². The van der Waals surface area contributed by atoms with E-state index in [0.29, 0.717) is 25.0 Å². The molecule has 6 rings (SSSR count). The van der Waals surface area contributed by atoms with E-state index in [-0.39, 0.29) is 36.6 Å². The maximum absolute atomic E-state index is 14.5. The predicted molar refractivity (Wildman–Crippen MR) is 189 cm³/mol. The molecule has 258 valence electrons. The van der Waals surface area contributed by atoms with Gasteiger partial charge in [-0.25, -0.2) is 0 Å². The van der Waals surface area contributed by atoms with E-state index >= 15 is 0 Å².